The van der Waals surface area contributed by atoms with Gasteiger partial charge in [0.05, 0.1) is 39.9 Å². The molecular formula is C61H111N2O6P. The Morgan fingerprint density at radius 3 is 1.27 bits per heavy atom. The average molecular weight is 1000 g/mol. The molecular weight excluding hydrogens is 888 g/mol. The number of carbonyl (C=O) groups is 1. The third-order valence-electron chi connectivity index (χ3n) is 12.6. The van der Waals surface area contributed by atoms with Gasteiger partial charge in [0, 0.05) is 6.42 Å². The number of likely N-dealkylation sites (N-methyl/N-ethyl adjacent to an activating group) is 1. The first-order valence-electron chi connectivity index (χ1n) is 28.9. The Morgan fingerprint density at radius 2 is 0.871 bits per heavy atom. The first kappa shape index (κ1) is 67.7. The zero-order valence-electron chi connectivity index (χ0n) is 46.2. The van der Waals surface area contributed by atoms with Gasteiger partial charge in [0.25, 0.3) is 7.82 Å². The summed E-state index contributed by atoms with van der Waals surface area (Å²) in [5.41, 5.74) is 0. The molecule has 1 amide bonds. The number of carbonyl (C=O) groups excluding carboxylic acids is 1. The number of rotatable bonds is 52. The van der Waals surface area contributed by atoms with E-state index < -0.39 is 20.0 Å². The van der Waals surface area contributed by atoms with Crippen LogP contribution in [0.4, 0.5) is 0 Å². The molecule has 9 heteroatoms. The number of aliphatic hydroxyl groups is 1. The Balaban J connectivity index is 3.97. The summed E-state index contributed by atoms with van der Waals surface area (Å²) in [6.07, 6.45) is 72.0. The molecule has 0 fully saturated rings. The molecule has 0 aromatic rings. The van der Waals surface area contributed by atoms with Gasteiger partial charge in [-0.3, -0.25) is 9.36 Å². The van der Waals surface area contributed by atoms with Crippen LogP contribution in [0.2, 0.25) is 0 Å². The number of phosphoric acid groups is 1. The van der Waals surface area contributed by atoms with Crippen molar-refractivity contribution in [3.8, 4) is 0 Å². The van der Waals surface area contributed by atoms with E-state index >= 15 is 0 Å². The molecule has 8 nitrogen and oxygen atoms in total. The largest absolute Gasteiger partial charge is 0.756 e. The van der Waals surface area contributed by atoms with E-state index in [1.54, 1.807) is 0 Å². The molecule has 406 valence electrons. The molecule has 0 saturated heterocycles. The highest BCUT2D eigenvalue weighted by molar-refractivity contribution is 7.45. The summed E-state index contributed by atoms with van der Waals surface area (Å²) in [6, 6.07) is -0.802. The summed E-state index contributed by atoms with van der Waals surface area (Å²) in [5, 5.41) is 13.9. The molecule has 0 saturated carbocycles. The Kier molecular flexibility index (Phi) is 49.9. The van der Waals surface area contributed by atoms with Crippen molar-refractivity contribution < 1.29 is 32.9 Å². The smallest absolute Gasteiger partial charge is 0.268 e. The third kappa shape index (κ3) is 53.5. The molecule has 0 spiro atoms. The van der Waals surface area contributed by atoms with Crippen LogP contribution in [0, 0.1) is 0 Å². The van der Waals surface area contributed by atoms with E-state index in [1.165, 1.54) is 135 Å². The number of nitrogens with one attached hydrogen (secondary N) is 1. The minimum absolute atomic E-state index is 0.0102. The fourth-order valence-corrected chi connectivity index (χ4v) is 8.86. The molecule has 0 aliphatic rings. The zero-order chi connectivity index (χ0) is 51.3. The van der Waals surface area contributed by atoms with Gasteiger partial charge in [0.1, 0.15) is 13.2 Å². The molecule has 0 aromatic carbocycles. The van der Waals surface area contributed by atoms with Crippen LogP contribution in [0.5, 0.6) is 0 Å². The first-order chi connectivity index (χ1) is 34.0. The summed E-state index contributed by atoms with van der Waals surface area (Å²) in [4.78, 5) is 25.4. The van der Waals surface area contributed by atoms with Crippen LogP contribution in [0.1, 0.15) is 245 Å². The average Bonchev–Trinajstić information content (AvgIpc) is 3.32. The lowest BCUT2D eigenvalue weighted by Gasteiger charge is -2.30. The number of phosphoric ester groups is 1. The van der Waals surface area contributed by atoms with Crippen molar-refractivity contribution in [2.24, 2.45) is 0 Å². The molecule has 0 aliphatic carbocycles. The van der Waals surface area contributed by atoms with Gasteiger partial charge in [0.2, 0.25) is 5.91 Å². The van der Waals surface area contributed by atoms with Crippen molar-refractivity contribution in [2.75, 3.05) is 40.9 Å². The summed E-state index contributed by atoms with van der Waals surface area (Å²) in [6.45, 7) is 4.59. The Labute approximate surface area is 433 Å². The van der Waals surface area contributed by atoms with Gasteiger partial charge < -0.3 is 28.8 Å². The Bertz CT molecular complexity index is 1410. The van der Waals surface area contributed by atoms with Crippen LogP contribution < -0.4 is 10.2 Å². The van der Waals surface area contributed by atoms with Crippen LogP contribution in [-0.2, 0) is 18.4 Å². The van der Waals surface area contributed by atoms with Gasteiger partial charge in [-0.1, -0.05) is 253 Å². The van der Waals surface area contributed by atoms with E-state index in [0.717, 1.165) is 83.5 Å². The van der Waals surface area contributed by atoms with Crippen molar-refractivity contribution in [3.63, 3.8) is 0 Å². The van der Waals surface area contributed by atoms with Gasteiger partial charge in [-0.05, 0) is 70.6 Å². The Hall–Kier alpha value is -2.32. The lowest BCUT2D eigenvalue weighted by Crippen LogP contribution is -2.46. The van der Waals surface area contributed by atoms with Gasteiger partial charge >= 0.3 is 0 Å². The van der Waals surface area contributed by atoms with Crippen molar-refractivity contribution >= 4 is 13.7 Å². The molecule has 3 atom stereocenters. The number of quaternary nitrogens is 1. The van der Waals surface area contributed by atoms with Crippen molar-refractivity contribution in [2.45, 2.75) is 257 Å². The molecule has 0 radical (unpaired) electrons. The summed E-state index contributed by atoms with van der Waals surface area (Å²) in [5.74, 6) is -0.168. The normalized spacial score (nSPS) is 14.6. The molecule has 2 N–H and O–H groups in total. The maximum atomic E-state index is 12.9. The number of amides is 1. The third-order valence-corrected chi connectivity index (χ3v) is 13.6. The topological polar surface area (TPSA) is 108 Å². The van der Waals surface area contributed by atoms with E-state index in [-0.39, 0.29) is 19.1 Å². The predicted molar refractivity (Wildman–Crippen MR) is 302 cm³/mol. The quantitative estimate of drug-likeness (QED) is 0.0272. The van der Waals surface area contributed by atoms with Gasteiger partial charge in [-0.2, -0.15) is 0 Å². The molecule has 0 bridgehead atoms. The van der Waals surface area contributed by atoms with Crippen molar-refractivity contribution in [1.29, 1.82) is 0 Å². The van der Waals surface area contributed by atoms with Gasteiger partial charge in [0.15, 0.2) is 0 Å². The van der Waals surface area contributed by atoms with Gasteiger partial charge in [-0.15, -0.1) is 0 Å². The maximum Gasteiger partial charge on any atom is 0.268 e. The van der Waals surface area contributed by atoms with E-state index in [1.807, 2.05) is 21.1 Å². The van der Waals surface area contributed by atoms with Crippen LogP contribution in [0.25, 0.3) is 0 Å². The van der Waals surface area contributed by atoms with Crippen LogP contribution in [0.15, 0.2) is 85.1 Å². The van der Waals surface area contributed by atoms with Crippen LogP contribution in [0.3, 0.4) is 0 Å². The lowest BCUT2D eigenvalue weighted by atomic mass is 10.0. The number of allylic oxidation sites excluding steroid dienone is 14. The summed E-state index contributed by atoms with van der Waals surface area (Å²) >= 11 is 0. The highest BCUT2D eigenvalue weighted by Crippen LogP contribution is 2.38. The second-order valence-corrected chi connectivity index (χ2v) is 22.0. The van der Waals surface area contributed by atoms with Crippen molar-refractivity contribution in [1.82, 2.24) is 5.32 Å². The second-order valence-electron chi connectivity index (χ2n) is 20.6. The lowest BCUT2D eigenvalue weighted by molar-refractivity contribution is -0.870. The van der Waals surface area contributed by atoms with E-state index in [9.17, 15) is 19.4 Å². The zero-order valence-corrected chi connectivity index (χ0v) is 47.1. The fraction of sp³-hybridized carbons (Fsp3) is 0.754. The van der Waals surface area contributed by atoms with E-state index in [0.29, 0.717) is 23.9 Å². The molecule has 0 aliphatic heterocycles. The minimum atomic E-state index is -4.57. The molecule has 0 heterocycles. The highest BCUT2D eigenvalue weighted by Gasteiger charge is 2.24. The monoisotopic (exact) mass is 999 g/mol. The summed E-state index contributed by atoms with van der Waals surface area (Å²) in [7, 11) is 1.30. The second kappa shape index (κ2) is 51.6. The molecule has 3 unspecified atom stereocenters. The highest BCUT2D eigenvalue weighted by atomic mass is 31.2. The first-order valence-corrected chi connectivity index (χ1v) is 30.4. The predicted octanol–water partition coefficient (Wildman–Crippen LogP) is 17.0. The molecule has 0 aromatic heterocycles. The van der Waals surface area contributed by atoms with E-state index in [2.05, 4.69) is 104 Å². The van der Waals surface area contributed by atoms with Crippen LogP contribution >= 0.6 is 7.82 Å². The van der Waals surface area contributed by atoms with Crippen molar-refractivity contribution in [3.05, 3.63) is 85.1 Å². The number of nitrogens with zero attached hydrogens (tertiary/aromatic N) is 1. The number of hydrogen-bond donors (Lipinski definition) is 2. The SMILES string of the molecule is CC/C=C\C/C=C\C/C=C\C/C=C\C/C=C\C/C=C\C/C=C\CCCCCCCCCCCCCCCCCC(=O)NC(COP(=O)([O-])OCC[N+](C)(C)C)C(O)CCCCCCCCCCCCC. The maximum absolute atomic E-state index is 12.9. The number of hydrogen-bond acceptors (Lipinski definition) is 6. The van der Waals surface area contributed by atoms with Gasteiger partial charge in [-0.25, -0.2) is 0 Å². The molecule has 70 heavy (non-hydrogen) atoms. The number of unbranched alkanes of at least 4 members (excludes halogenated alkanes) is 25. The number of aliphatic hydroxyl groups excluding tert-OH is 1. The minimum Gasteiger partial charge on any atom is -0.756 e. The van der Waals surface area contributed by atoms with E-state index in [4.69, 9.17) is 9.05 Å². The summed E-state index contributed by atoms with van der Waals surface area (Å²) < 4.78 is 23.3. The molecule has 0 rings (SSSR count). The van der Waals surface area contributed by atoms with Crippen LogP contribution in [-0.4, -0.2) is 68.5 Å². The Morgan fingerprint density at radius 1 is 0.514 bits per heavy atom. The standard InChI is InChI=1S/C61H111N2O6P/c1-6-8-10-12-14-16-18-19-20-21-22-23-24-25-26-27-28-29-30-31-32-33-34-35-36-37-38-39-40-41-42-43-45-47-49-51-53-55-61(65)62-59(58-69-70(66,67)68-57-56-63(3,4)5)60(64)54-52-50-48-46-44-17-15-13-11-9-7-2/h8,10,14,16,19-20,22-23,25-26,28-29,31-32,59-60,64H,6-7,9,11-13,15,17-18,21,24,27,30,33-58H2,1-5H3,(H-,62,65,66,67)/b10-8-,16-14-,20-19-,23-22-,26-25-,29-28-,32-31-. The fourth-order valence-electron chi connectivity index (χ4n) is 8.14.